The Bertz CT molecular complexity index is 806. The molecule has 0 unspecified atom stereocenters. The van der Waals surface area contributed by atoms with Gasteiger partial charge in [-0.1, -0.05) is 0 Å². The van der Waals surface area contributed by atoms with Crippen molar-refractivity contribution in [1.82, 2.24) is 9.66 Å². The molecule has 0 N–H and O–H groups in total. The first-order valence-corrected chi connectivity index (χ1v) is 6.49. The molecule has 0 bridgehead atoms. The van der Waals surface area contributed by atoms with Crippen molar-refractivity contribution in [2.75, 3.05) is 0 Å². The van der Waals surface area contributed by atoms with Crippen LogP contribution in [0, 0.1) is 6.92 Å². The van der Waals surface area contributed by atoms with Crippen molar-refractivity contribution in [3.8, 4) is 0 Å². The molecule has 6 heteroatoms. The summed E-state index contributed by atoms with van der Waals surface area (Å²) in [4.78, 5) is 28.3. The maximum Gasteiger partial charge on any atom is 0.282 e. The molecule has 0 saturated carbocycles. The smallest absolute Gasteiger partial charge is 0.282 e. The number of aryl methyl sites for hydroxylation is 1. The lowest BCUT2D eigenvalue weighted by Crippen LogP contribution is -2.21. The normalized spacial score (nSPS) is 14.4. The highest BCUT2D eigenvalue weighted by molar-refractivity contribution is 7.16. The average Bonchev–Trinajstić information content (AvgIpc) is 2.85. The molecule has 0 fully saturated rings. The number of carbonyl (C=O) groups excluding carboxylic acids is 1. The van der Waals surface area contributed by atoms with Gasteiger partial charge in [-0.25, -0.2) is 4.98 Å². The van der Waals surface area contributed by atoms with Crippen LogP contribution in [0.4, 0.5) is 0 Å². The number of hydrogen-bond acceptors (Lipinski definition) is 5. The highest BCUT2D eigenvalue weighted by atomic mass is 32.1. The van der Waals surface area contributed by atoms with Gasteiger partial charge in [0, 0.05) is 0 Å². The van der Waals surface area contributed by atoms with Crippen LogP contribution in [0.2, 0.25) is 0 Å². The fourth-order valence-electron chi connectivity index (χ4n) is 1.75. The SMILES string of the molecule is Cc1nc2sccc2c(=O)n1N=C1C=CC(=O)C=C1. The van der Waals surface area contributed by atoms with Crippen LogP contribution < -0.4 is 5.56 Å². The first-order chi connectivity index (χ1) is 9.15. The Hall–Kier alpha value is -2.34. The summed E-state index contributed by atoms with van der Waals surface area (Å²) in [7, 11) is 0. The Morgan fingerprint density at radius 2 is 1.95 bits per heavy atom. The molecule has 0 spiro atoms. The van der Waals surface area contributed by atoms with Crippen LogP contribution >= 0.6 is 11.3 Å². The molecule has 0 saturated heterocycles. The molecule has 19 heavy (non-hydrogen) atoms. The number of thiophene rings is 1. The maximum absolute atomic E-state index is 12.3. The van der Waals surface area contributed by atoms with Gasteiger partial charge in [-0.2, -0.15) is 9.78 Å². The Morgan fingerprint density at radius 3 is 2.68 bits per heavy atom. The molecular weight excluding hydrogens is 262 g/mol. The molecule has 1 aliphatic rings. The van der Waals surface area contributed by atoms with Gasteiger partial charge >= 0.3 is 0 Å². The highest BCUT2D eigenvalue weighted by Gasteiger charge is 2.09. The second kappa shape index (κ2) is 4.40. The minimum atomic E-state index is -0.199. The molecule has 2 aromatic heterocycles. The first-order valence-electron chi connectivity index (χ1n) is 5.61. The molecular formula is C13H9N3O2S. The molecule has 94 valence electrons. The minimum absolute atomic E-state index is 0.0885. The van der Waals surface area contributed by atoms with E-state index in [0.29, 0.717) is 21.8 Å². The lowest BCUT2D eigenvalue weighted by atomic mass is 10.2. The van der Waals surface area contributed by atoms with Crippen molar-refractivity contribution in [1.29, 1.82) is 0 Å². The number of hydrogen-bond donors (Lipinski definition) is 0. The van der Waals surface area contributed by atoms with Crippen molar-refractivity contribution >= 4 is 33.0 Å². The van der Waals surface area contributed by atoms with Crippen LogP contribution in [0.25, 0.3) is 10.2 Å². The van der Waals surface area contributed by atoms with E-state index in [1.165, 1.54) is 28.2 Å². The van der Waals surface area contributed by atoms with E-state index in [2.05, 4.69) is 10.1 Å². The summed E-state index contributed by atoms with van der Waals surface area (Å²) in [5.41, 5.74) is 0.344. The third kappa shape index (κ3) is 2.06. The van der Waals surface area contributed by atoms with Gasteiger partial charge in [0.05, 0.1) is 11.1 Å². The topological polar surface area (TPSA) is 64.3 Å². The van der Waals surface area contributed by atoms with Gasteiger partial charge < -0.3 is 0 Å². The molecule has 2 heterocycles. The molecule has 0 amide bonds. The Balaban J connectivity index is 2.18. The van der Waals surface area contributed by atoms with Gasteiger partial charge in [-0.05, 0) is 42.7 Å². The summed E-state index contributed by atoms with van der Waals surface area (Å²) in [5.74, 6) is 0.431. The Labute approximate surface area is 112 Å². The summed E-state index contributed by atoms with van der Waals surface area (Å²) in [5, 5.41) is 6.60. The summed E-state index contributed by atoms with van der Waals surface area (Å²) >= 11 is 1.43. The molecule has 0 aromatic carbocycles. The zero-order valence-electron chi connectivity index (χ0n) is 10.0. The van der Waals surface area contributed by atoms with Gasteiger partial charge in [0.1, 0.15) is 10.7 Å². The number of ketones is 1. The fraction of sp³-hybridized carbons (Fsp3) is 0.0769. The van der Waals surface area contributed by atoms with Gasteiger partial charge in [-0.15, -0.1) is 11.3 Å². The Morgan fingerprint density at radius 1 is 1.21 bits per heavy atom. The van der Waals surface area contributed by atoms with Crippen molar-refractivity contribution in [2.24, 2.45) is 5.10 Å². The van der Waals surface area contributed by atoms with Crippen LogP contribution in [0.3, 0.4) is 0 Å². The lowest BCUT2D eigenvalue weighted by Gasteiger charge is -2.05. The standard InChI is InChI=1S/C13H9N3O2S/c1-8-14-12-11(6-7-19-12)13(18)16(8)15-9-2-4-10(17)5-3-9/h2-7H,1H3. The summed E-state index contributed by atoms with van der Waals surface area (Å²) in [6.07, 6.45) is 5.98. The van der Waals surface area contributed by atoms with E-state index < -0.39 is 0 Å². The van der Waals surface area contributed by atoms with Crippen LogP contribution in [-0.2, 0) is 4.79 Å². The number of aromatic nitrogens is 2. The van der Waals surface area contributed by atoms with E-state index in [-0.39, 0.29) is 11.3 Å². The second-order valence-corrected chi connectivity index (χ2v) is 4.90. The van der Waals surface area contributed by atoms with E-state index >= 15 is 0 Å². The second-order valence-electron chi connectivity index (χ2n) is 4.01. The maximum atomic E-state index is 12.3. The fourth-order valence-corrected chi connectivity index (χ4v) is 2.55. The summed E-state index contributed by atoms with van der Waals surface area (Å²) in [6.45, 7) is 1.73. The molecule has 0 aliphatic heterocycles. The molecule has 2 aromatic rings. The predicted octanol–water partition coefficient (Wildman–Crippen LogP) is 1.67. The van der Waals surface area contributed by atoms with Crippen molar-refractivity contribution in [3.63, 3.8) is 0 Å². The minimum Gasteiger partial charge on any atom is -0.290 e. The predicted molar refractivity (Wildman–Crippen MR) is 74.7 cm³/mol. The number of nitrogens with zero attached hydrogens (tertiary/aromatic N) is 3. The number of allylic oxidation sites excluding steroid dienone is 4. The van der Waals surface area contributed by atoms with Crippen molar-refractivity contribution < 1.29 is 4.79 Å². The summed E-state index contributed by atoms with van der Waals surface area (Å²) < 4.78 is 1.26. The largest absolute Gasteiger partial charge is 0.290 e. The van der Waals surface area contributed by atoms with Gasteiger partial charge in [-0.3, -0.25) is 9.59 Å². The third-order valence-electron chi connectivity index (χ3n) is 2.69. The van der Waals surface area contributed by atoms with Crippen LogP contribution in [-0.4, -0.2) is 21.2 Å². The Kier molecular flexibility index (Phi) is 2.72. The van der Waals surface area contributed by atoms with Crippen molar-refractivity contribution in [3.05, 3.63) is 51.9 Å². The van der Waals surface area contributed by atoms with E-state index in [1.54, 1.807) is 25.1 Å². The highest BCUT2D eigenvalue weighted by Crippen LogP contribution is 2.15. The average molecular weight is 271 g/mol. The lowest BCUT2D eigenvalue weighted by molar-refractivity contribution is -0.110. The van der Waals surface area contributed by atoms with E-state index in [1.807, 2.05) is 5.38 Å². The van der Waals surface area contributed by atoms with E-state index in [4.69, 9.17) is 0 Å². The van der Waals surface area contributed by atoms with Gasteiger partial charge in [0.15, 0.2) is 5.78 Å². The quantitative estimate of drug-likeness (QED) is 0.741. The van der Waals surface area contributed by atoms with Crippen LogP contribution in [0.1, 0.15) is 5.82 Å². The first kappa shape index (κ1) is 11.7. The number of rotatable bonds is 1. The van der Waals surface area contributed by atoms with Crippen molar-refractivity contribution in [2.45, 2.75) is 6.92 Å². The summed E-state index contributed by atoms with van der Waals surface area (Å²) in [6, 6.07) is 1.74. The molecule has 5 nitrogen and oxygen atoms in total. The zero-order chi connectivity index (χ0) is 13.4. The van der Waals surface area contributed by atoms with Gasteiger partial charge in [0.25, 0.3) is 5.56 Å². The third-order valence-corrected chi connectivity index (χ3v) is 3.50. The number of carbonyl (C=O) groups is 1. The van der Waals surface area contributed by atoms with Crippen LogP contribution in [0.5, 0.6) is 0 Å². The molecule has 1 aliphatic carbocycles. The van der Waals surface area contributed by atoms with Gasteiger partial charge in [0.2, 0.25) is 0 Å². The molecule has 0 radical (unpaired) electrons. The van der Waals surface area contributed by atoms with E-state index in [9.17, 15) is 9.59 Å². The molecule has 3 rings (SSSR count). The molecule has 0 atom stereocenters. The van der Waals surface area contributed by atoms with E-state index in [0.717, 1.165) is 0 Å². The number of fused-ring (bicyclic) bond motifs is 1. The monoisotopic (exact) mass is 271 g/mol. The zero-order valence-corrected chi connectivity index (χ0v) is 10.8. The van der Waals surface area contributed by atoms with Crippen LogP contribution in [0.15, 0.2) is 45.6 Å².